The molecule has 0 spiro atoms. The Morgan fingerprint density at radius 3 is 2.75 bits per heavy atom. The van der Waals surface area contributed by atoms with E-state index in [0.29, 0.717) is 24.6 Å². The second-order valence-electron chi connectivity index (χ2n) is 5.99. The SMILES string of the molecule is COc1cc(CNC(=O)[C@@H]2CCC[C@@H]2CN)ccc1OCC(N)=O. The summed E-state index contributed by atoms with van der Waals surface area (Å²) >= 11 is 0. The third kappa shape index (κ3) is 4.61. The van der Waals surface area contributed by atoms with Crippen molar-refractivity contribution < 1.29 is 19.1 Å². The standard InChI is InChI=1S/C17H25N3O4/c1-23-15-7-11(5-6-14(15)24-10-16(19)21)9-20-17(22)13-4-2-3-12(13)8-18/h5-7,12-13H,2-4,8-10,18H2,1H3,(H2,19,21)(H,20,22)/t12-,13-/m1/s1. The highest BCUT2D eigenvalue weighted by atomic mass is 16.5. The van der Waals surface area contributed by atoms with Crippen LogP contribution in [0.5, 0.6) is 11.5 Å². The molecule has 0 unspecified atom stereocenters. The van der Waals surface area contributed by atoms with Gasteiger partial charge in [0.15, 0.2) is 18.1 Å². The Morgan fingerprint density at radius 2 is 2.08 bits per heavy atom. The highest BCUT2D eigenvalue weighted by molar-refractivity contribution is 5.79. The van der Waals surface area contributed by atoms with Crippen molar-refractivity contribution in [1.82, 2.24) is 5.32 Å². The van der Waals surface area contributed by atoms with Crippen molar-refractivity contribution in [2.24, 2.45) is 23.3 Å². The van der Waals surface area contributed by atoms with Gasteiger partial charge in [-0.25, -0.2) is 0 Å². The second kappa shape index (κ2) is 8.54. The molecule has 1 fully saturated rings. The lowest BCUT2D eigenvalue weighted by atomic mass is 9.95. The van der Waals surface area contributed by atoms with Gasteiger partial charge in [-0.2, -0.15) is 0 Å². The monoisotopic (exact) mass is 335 g/mol. The number of primary amides is 1. The van der Waals surface area contributed by atoms with Crippen LogP contribution in [0.2, 0.25) is 0 Å². The van der Waals surface area contributed by atoms with Crippen LogP contribution in [-0.2, 0) is 16.1 Å². The molecule has 0 saturated heterocycles. The van der Waals surface area contributed by atoms with Crippen LogP contribution < -0.4 is 26.3 Å². The molecule has 24 heavy (non-hydrogen) atoms. The molecule has 0 heterocycles. The summed E-state index contributed by atoms with van der Waals surface area (Å²) in [4.78, 5) is 23.1. The second-order valence-corrected chi connectivity index (χ2v) is 5.99. The molecule has 2 amide bonds. The molecule has 0 aliphatic heterocycles. The Labute approximate surface area is 141 Å². The molecule has 1 saturated carbocycles. The average Bonchev–Trinajstić information content (AvgIpc) is 3.06. The molecule has 7 heteroatoms. The number of hydrogen-bond donors (Lipinski definition) is 3. The third-order valence-corrected chi connectivity index (χ3v) is 4.36. The van der Waals surface area contributed by atoms with E-state index in [-0.39, 0.29) is 24.3 Å². The van der Waals surface area contributed by atoms with Gasteiger partial charge in [0.2, 0.25) is 5.91 Å². The quantitative estimate of drug-likeness (QED) is 0.641. The van der Waals surface area contributed by atoms with Crippen molar-refractivity contribution in [2.45, 2.75) is 25.8 Å². The first kappa shape index (κ1) is 18.1. The van der Waals surface area contributed by atoms with Gasteiger partial charge in [0.05, 0.1) is 7.11 Å². The molecular weight excluding hydrogens is 310 g/mol. The van der Waals surface area contributed by atoms with Crippen molar-refractivity contribution in [3.8, 4) is 11.5 Å². The lowest BCUT2D eigenvalue weighted by molar-refractivity contribution is -0.126. The highest BCUT2D eigenvalue weighted by Gasteiger charge is 2.31. The minimum atomic E-state index is -0.556. The number of nitrogens with two attached hydrogens (primary N) is 2. The van der Waals surface area contributed by atoms with Gasteiger partial charge < -0.3 is 26.3 Å². The molecule has 0 bridgehead atoms. The summed E-state index contributed by atoms with van der Waals surface area (Å²) in [5.74, 6) is 0.712. The van der Waals surface area contributed by atoms with Crippen LogP contribution >= 0.6 is 0 Å². The largest absolute Gasteiger partial charge is 0.493 e. The maximum absolute atomic E-state index is 12.3. The summed E-state index contributed by atoms with van der Waals surface area (Å²) in [5, 5.41) is 2.96. The molecular formula is C17H25N3O4. The van der Waals surface area contributed by atoms with E-state index in [0.717, 1.165) is 24.8 Å². The molecule has 1 aliphatic carbocycles. The van der Waals surface area contributed by atoms with Crippen LogP contribution in [0.4, 0.5) is 0 Å². The molecule has 132 valence electrons. The molecule has 1 aromatic rings. The first-order chi connectivity index (χ1) is 11.5. The van der Waals surface area contributed by atoms with E-state index in [1.54, 1.807) is 12.1 Å². The predicted octanol–water partition coefficient (Wildman–Crippen LogP) is 0.551. The van der Waals surface area contributed by atoms with Crippen LogP contribution in [0, 0.1) is 11.8 Å². The topological polar surface area (TPSA) is 117 Å². The number of carbonyl (C=O) groups excluding carboxylic acids is 2. The summed E-state index contributed by atoms with van der Waals surface area (Å²) in [6.45, 7) is 0.742. The van der Waals surface area contributed by atoms with Crippen LogP contribution in [-0.4, -0.2) is 32.1 Å². The predicted molar refractivity (Wildman–Crippen MR) is 89.4 cm³/mol. The lowest BCUT2D eigenvalue weighted by Gasteiger charge is -2.17. The van der Waals surface area contributed by atoms with E-state index in [2.05, 4.69) is 5.32 Å². The zero-order valence-corrected chi connectivity index (χ0v) is 13.9. The third-order valence-electron chi connectivity index (χ3n) is 4.36. The zero-order chi connectivity index (χ0) is 17.5. The first-order valence-corrected chi connectivity index (χ1v) is 8.11. The Kier molecular flexibility index (Phi) is 6.43. The van der Waals surface area contributed by atoms with Crippen molar-refractivity contribution in [3.63, 3.8) is 0 Å². The van der Waals surface area contributed by atoms with Crippen LogP contribution in [0.15, 0.2) is 18.2 Å². The summed E-state index contributed by atoms with van der Waals surface area (Å²) in [6.07, 6.45) is 2.98. The van der Waals surface area contributed by atoms with Crippen molar-refractivity contribution in [2.75, 3.05) is 20.3 Å². The van der Waals surface area contributed by atoms with E-state index in [1.807, 2.05) is 6.07 Å². The van der Waals surface area contributed by atoms with Gasteiger partial charge in [0, 0.05) is 12.5 Å². The number of rotatable bonds is 8. The van der Waals surface area contributed by atoms with Gasteiger partial charge in [0.1, 0.15) is 0 Å². The summed E-state index contributed by atoms with van der Waals surface area (Å²) in [5.41, 5.74) is 11.7. The Balaban J connectivity index is 1.95. The normalized spacial score (nSPS) is 19.8. The van der Waals surface area contributed by atoms with E-state index < -0.39 is 5.91 Å². The molecule has 5 N–H and O–H groups in total. The summed E-state index contributed by atoms with van der Waals surface area (Å²) in [7, 11) is 1.51. The van der Waals surface area contributed by atoms with E-state index in [1.165, 1.54) is 7.11 Å². The maximum Gasteiger partial charge on any atom is 0.255 e. The fourth-order valence-electron chi connectivity index (χ4n) is 3.07. The minimum absolute atomic E-state index is 0.00932. The number of ether oxygens (including phenoxy) is 2. The van der Waals surface area contributed by atoms with E-state index in [9.17, 15) is 9.59 Å². The number of carbonyl (C=O) groups is 2. The Hall–Kier alpha value is -2.28. The van der Waals surface area contributed by atoms with Gasteiger partial charge in [-0.15, -0.1) is 0 Å². The van der Waals surface area contributed by atoms with Crippen LogP contribution in [0.3, 0.4) is 0 Å². The number of hydrogen-bond acceptors (Lipinski definition) is 5. The average molecular weight is 335 g/mol. The molecule has 1 aromatic carbocycles. The van der Waals surface area contributed by atoms with Crippen LogP contribution in [0.25, 0.3) is 0 Å². The van der Waals surface area contributed by atoms with Gasteiger partial charge in [-0.1, -0.05) is 12.5 Å². The fourth-order valence-corrected chi connectivity index (χ4v) is 3.07. The lowest BCUT2D eigenvalue weighted by Crippen LogP contribution is -2.34. The number of methoxy groups -OCH3 is 1. The summed E-state index contributed by atoms with van der Waals surface area (Å²) < 4.78 is 10.5. The van der Waals surface area contributed by atoms with Crippen molar-refractivity contribution >= 4 is 11.8 Å². The molecule has 2 rings (SSSR count). The molecule has 0 radical (unpaired) electrons. The number of benzene rings is 1. The number of nitrogens with one attached hydrogen (secondary N) is 1. The van der Waals surface area contributed by atoms with Gasteiger partial charge in [0.25, 0.3) is 5.91 Å². The van der Waals surface area contributed by atoms with Crippen LogP contribution in [0.1, 0.15) is 24.8 Å². The number of amides is 2. The minimum Gasteiger partial charge on any atom is -0.493 e. The van der Waals surface area contributed by atoms with Crippen molar-refractivity contribution in [3.05, 3.63) is 23.8 Å². The maximum atomic E-state index is 12.3. The van der Waals surface area contributed by atoms with E-state index >= 15 is 0 Å². The summed E-state index contributed by atoms with van der Waals surface area (Å²) in [6, 6.07) is 5.28. The molecule has 1 aliphatic rings. The smallest absolute Gasteiger partial charge is 0.255 e. The van der Waals surface area contributed by atoms with Gasteiger partial charge >= 0.3 is 0 Å². The highest BCUT2D eigenvalue weighted by Crippen LogP contribution is 2.31. The fraction of sp³-hybridized carbons (Fsp3) is 0.529. The Bertz CT molecular complexity index is 591. The zero-order valence-electron chi connectivity index (χ0n) is 13.9. The van der Waals surface area contributed by atoms with E-state index in [4.69, 9.17) is 20.9 Å². The molecule has 2 atom stereocenters. The first-order valence-electron chi connectivity index (χ1n) is 8.11. The van der Waals surface area contributed by atoms with Gasteiger partial charge in [-0.05, 0) is 43.0 Å². The molecule has 7 nitrogen and oxygen atoms in total. The Morgan fingerprint density at radius 1 is 1.29 bits per heavy atom. The van der Waals surface area contributed by atoms with Crippen molar-refractivity contribution in [1.29, 1.82) is 0 Å². The molecule has 0 aromatic heterocycles. The van der Waals surface area contributed by atoms with Gasteiger partial charge in [-0.3, -0.25) is 9.59 Å².